The summed E-state index contributed by atoms with van der Waals surface area (Å²) in [5, 5.41) is 4.98. The highest BCUT2D eigenvalue weighted by Crippen LogP contribution is 2.30. The predicted octanol–water partition coefficient (Wildman–Crippen LogP) is 4.97. The number of rotatable bonds is 6. The molecule has 0 aromatic heterocycles. The summed E-state index contributed by atoms with van der Waals surface area (Å²) < 4.78 is 0. The van der Waals surface area contributed by atoms with Crippen molar-refractivity contribution >= 4 is 23.2 Å². The van der Waals surface area contributed by atoms with Gasteiger partial charge in [-0.3, -0.25) is 4.79 Å². The fraction of sp³-hybridized carbons (Fsp3) is 0.391. The molecule has 1 aliphatic carbocycles. The fourth-order valence-corrected chi connectivity index (χ4v) is 3.90. The summed E-state index contributed by atoms with van der Waals surface area (Å²) in [6.45, 7) is 3.16. The molecule has 4 rings (SSSR count). The smallest absolute Gasteiger partial charge is 0.226 e. The summed E-state index contributed by atoms with van der Waals surface area (Å²) in [7, 11) is 0. The maximum Gasteiger partial charge on any atom is 0.226 e. The number of hydrogen-bond donors (Lipinski definition) is 0. The van der Waals surface area contributed by atoms with Crippen LogP contribution < -0.4 is 0 Å². The van der Waals surface area contributed by atoms with E-state index in [4.69, 9.17) is 16.4 Å². The minimum atomic E-state index is -0.112. The van der Waals surface area contributed by atoms with E-state index in [1.165, 1.54) is 5.56 Å². The van der Waals surface area contributed by atoms with E-state index in [1.54, 1.807) is 0 Å². The van der Waals surface area contributed by atoms with Crippen molar-refractivity contribution in [1.82, 2.24) is 4.90 Å². The van der Waals surface area contributed by atoms with Gasteiger partial charge in [0.15, 0.2) is 6.10 Å². The van der Waals surface area contributed by atoms with E-state index in [2.05, 4.69) is 36.3 Å². The molecule has 1 unspecified atom stereocenters. The van der Waals surface area contributed by atoms with Crippen LogP contribution in [0.5, 0.6) is 0 Å². The second-order valence-electron chi connectivity index (χ2n) is 7.81. The Morgan fingerprint density at radius 1 is 1.21 bits per heavy atom. The van der Waals surface area contributed by atoms with Crippen LogP contribution in [0.25, 0.3) is 0 Å². The summed E-state index contributed by atoms with van der Waals surface area (Å²) in [5.41, 5.74) is 4.29. The van der Waals surface area contributed by atoms with Gasteiger partial charge in [-0.05, 0) is 43.0 Å². The van der Waals surface area contributed by atoms with Crippen molar-refractivity contribution in [3.63, 3.8) is 0 Å². The van der Waals surface area contributed by atoms with Crippen LogP contribution >= 0.6 is 11.6 Å². The average Bonchev–Trinajstić information content (AvgIpc) is 3.09. The van der Waals surface area contributed by atoms with Gasteiger partial charge in [0.05, 0.1) is 12.3 Å². The maximum atomic E-state index is 13.0. The fourth-order valence-electron chi connectivity index (χ4n) is 3.69. The van der Waals surface area contributed by atoms with Gasteiger partial charge in [-0.1, -0.05) is 65.1 Å². The standard InChI is InChI=1S/C23H25ClN2O2/c1-16-8-10-18(11-9-16)22-13-21(28-25-22)15-26(23(27)19-5-3-6-19)14-17-4-2-7-20(24)12-17/h2,4,7-12,19,21H,3,5-6,13-15H2,1H3. The summed E-state index contributed by atoms with van der Waals surface area (Å²) in [5.74, 6) is 0.372. The van der Waals surface area contributed by atoms with Gasteiger partial charge in [0.2, 0.25) is 5.91 Å². The van der Waals surface area contributed by atoms with Gasteiger partial charge in [0.1, 0.15) is 0 Å². The van der Waals surface area contributed by atoms with Crippen LogP contribution in [0, 0.1) is 12.8 Å². The Hall–Kier alpha value is -2.33. The summed E-state index contributed by atoms with van der Waals surface area (Å²) in [6, 6.07) is 16.0. The van der Waals surface area contributed by atoms with Crippen molar-refractivity contribution in [2.45, 2.75) is 45.3 Å². The SMILES string of the molecule is Cc1ccc(C2=NOC(CN(Cc3cccc(Cl)c3)C(=O)C3CCC3)C2)cc1. The van der Waals surface area contributed by atoms with E-state index in [0.29, 0.717) is 24.5 Å². The Morgan fingerprint density at radius 2 is 2.00 bits per heavy atom. The van der Waals surface area contributed by atoms with Crippen LogP contribution in [-0.4, -0.2) is 29.2 Å². The quantitative estimate of drug-likeness (QED) is 0.691. The molecule has 1 saturated carbocycles. The molecule has 5 heteroatoms. The van der Waals surface area contributed by atoms with E-state index >= 15 is 0 Å². The molecule has 1 atom stereocenters. The molecule has 2 aromatic carbocycles. The van der Waals surface area contributed by atoms with Crippen LogP contribution in [0.2, 0.25) is 5.02 Å². The Balaban J connectivity index is 1.43. The number of amides is 1. The van der Waals surface area contributed by atoms with Gasteiger partial charge in [0.25, 0.3) is 0 Å². The highest BCUT2D eigenvalue weighted by Gasteiger charge is 2.32. The topological polar surface area (TPSA) is 41.9 Å². The highest BCUT2D eigenvalue weighted by atomic mass is 35.5. The molecule has 1 heterocycles. The van der Waals surface area contributed by atoms with Crippen LogP contribution in [0.4, 0.5) is 0 Å². The van der Waals surface area contributed by atoms with Crippen molar-refractivity contribution in [1.29, 1.82) is 0 Å². The molecule has 146 valence electrons. The molecule has 0 radical (unpaired) electrons. The third-order valence-electron chi connectivity index (χ3n) is 5.57. The molecular weight excluding hydrogens is 372 g/mol. The molecule has 2 aromatic rings. The third kappa shape index (κ3) is 4.39. The van der Waals surface area contributed by atoms with Crippen molar-refractivity contribution in [2.24, 2.45) is 11.1 Å². The number of hydrogen-bond acceptors (Lipinski definition) is 3. The zero-order chi connectivity index (χ0) is 19.5. The van der Waals surface area contributed by atoms with E-state index in [1.807, 2.05) is 29.2 Å². The van der Waals surface area contributed by atoms with E-state index < -0.39 is 0 Å². The molecule has 1 amide bonds. The van der Waals surface area contributed by atoms with Gasteiger partial charge in [-0.15, -0.1) is 0 Å². The molecule has 1 aliphatic heterocycles. The zero-order valence-electron chi connectivity index (χ0n) is 16.1. The van der Waals surface area contributed by atoms with Gasteiger partial charge in [-0.25, -0.2) is 0 Å². The Bertz CT molecular complexity index is 874. The van der Waals surface area contributed by atoms with Crippen molar-refractivity contribution in [2.75, 3.05) is 6.54 Å². The van der Waals surface area contributed by atoms with Crippen molar-refractivity contribution in [3.8, 4) is 0 Å². The molecule has 0 spiro atoms. The van der Waals surface area contributed by atoms with E-state index in [-0.39, 0.29) is 17.9 Å². The molecule has 4 nitrogen and oxygen atoms in total. The first-order valence-corrected chi connectivity index (χ1v) is 10.3. The van der Waals surface area contributed by atoms with E-state index in [9.17, 15) is 4.79 Å². The van der Waals surface area contributed by atoms with Gasteiger partial charge < -0.3 is 9.74 Å². The lowest BCUT2D eigenvalue weighted by atomic mass is 9.84. The van der Waals surface area contributed by atoms with Gasteiger partial charge in [0, 0.05) is 23.9 Å². The van der Waals surface area contributed by atoms with Crippen molar-refractivity contribution in [3.05, 3.63) is 70.2 Å². The lowest BCUT2D eigenvalue weighted by molar-refractivity contribution is -0.140. The Kier molecular flexibility index (Phi) is 5.67. The Labute approximate surface area is 171 Å². The second-order valence-corrected chi connectivity index (χ2v) is 8.25. The van der Waals surface area contributed by atoms with Crippen LogP contribution in [0.3, 0.4) is 0 Å². The summed E-state index contributed by atoms with van der Waals surface area (Å²) in [4.78, 5) is 20.6. The average molecular weight is 397 g/mol. The van der Waals surface area contributed by atoms with Crippen LogP contribution in [0.15, 0.2) is 53.7 Å². The first-order valence-electron chi connectivity index (χ1n) is 9.91. The number of halogens is 1. The molecule has 0 bridgehead atoms. The van der Waals surface area contributed by atoms with Gasteiger partial charge in [-0.2, -0.15) is 0 Å². The largest absolute Gasteiger partial charge is 0.390 e. The molecular formula is C23H25ClN2O2. The first-order chi connectivity index (χ1) is 13.6. The normalized spacial score (nSPS) is 18.9. The first kappa shape index (κ1) is 19.0. The molecule has 1 fully saturated rings. The van der Waals surface area contributed by atoms with E-state index in [0.717, 1.165) is 36.1 Å². The Morgan fingerprint density at radius 3 is 2.68 bits per heavy atom. The number of nitrogens with zero attached hydrogens (tertiary/aromatic N) is 2. The van der Waals surface area contributed by atoms with Crippen LogP contribution in [-0.2, 0) is 16.2 Å². The lowest BCUT2D eigenvalue weighted by Gasteiger charge is -2.32. The highest BCUT2D eigenvalue weighted by molar-refractivity contribution is 6.30. The predicted molar refractivity (Wildman–Crippen MR) is 111 cm³/mol. The second kappa shape index (κ2) is 8.36. The molecule has 0 saturated heterocycles. The number of aryl methyl sites for hydroxylation is 1. The lowest BCUT2D eigenvalue weighted by Crippen LogP contribution is -2.42. The third-order valence-corrected chi connectivity index (χ3v) is 5.81. The monoisotopic (exact) mass is 396 g/mol. The molecule has 2 aliphatic rings. The molecule has 0 N–H and O–H groups in total. The number of carbonyl (C=O) groups is 1. The molecule has 28 heavy (non-hydrogen) atoms. The number of carbonyl (C=O) groups excluding carboxylic acids is 1. The summed E-state index contributed by atoms with van der Waals surface area (Å²) in [6.07, 6.45) is 3.72. The zero-order valence-corrected chi connectivity index (χ0v) is 16.9. The van der Waals surface area contributed by atoms with Gasteiger partial charge >= 0.3 is 0 Å². The number of oxime groups is 1. The van der Waals surface area contributed by atoms with Crippen LogP contribution in [0.1, 0.15) is 42.4 Å². The maximum absolute atomic E-state index is 13.0. The summed E-state index contributed by atoms with van der Waals surface area (Å²) >= 11 is 6.13. The minimum absolute atomic E-state index is 0.112. The number of benzene rings is 2. The minimum Gasteiger partial charge on any atom is -0.390 e. The van der Waals surface area contributed by atoms with Crippen molar-refractivity contribution < 1.29 is 9.63 Å².